The number of fused-ring (bicyclic) bond motifs is 1. The minimum Gasteiger partial charge on any atom is -0.493 e. The van der Waals surface area contributed by atoms with Gasteiger partial charge in [-0.3, -0.25) is 0 Å². The number of benzene rings is 2. The van der Waals surface area contributed by atoms with Crippen molar-refractivity contribution in [3.63, 3.8) is 0 Å². The second kappa shape index (κ2) is 12.3. The molecule has 0 unspecified atom stereocenters. The van der Waals surface area contributed by atoms with Gasteiger partial charge in [0.25, 0.3) is 0 Å². The van der Waals surface area contributed by atoms with E-state index in [0.29, 0.717) is 18.4 Å². The van der Waals surface area contributed by atoms with Gasteiger partial charge in [0.05, 0.1) is 6.61 Å². The highest BCUT2D eigenvalue weighted by Gasteiger charge is 2.31. The lowest BCUT2D eigenvalue weighted by Gasteiger charge is -2.39. The van der Waals surface area contributed by atoms with Crippen LogP contribution in [-0.2, 0) is 0 Å². The van der Waals surface area contributed by atoms with Crippen LogP contribution in [0.1, 0.15) is 56.9 Å². The molecule has 0 amide bonds. The van der Waals surface area contributed by atoms with E-state index in [9.17, 15) is 4.39 Å². The highest BCUT2D eigenvalue weighted by atomic mass is 35.5. The Morgan fingerprint density at radius 1 is 1.00 bits per heavy atom. The molecular formula is C26H35ClFNO3. The van der Waals surface area contributed by atoms with Gasteiger partial charge in [0.15, 0.2) is 11.5 Å². The molecule has 1 saturated heterocycles. The molecule has 0 aliphatic carbocycles. The highest BCUT2D eigenvalue weighted by Crippen LogP contribution is 2.37. The van der Waals surface area contributed by atoms with E-state index in [1.807, 2.05) is 30.3 Å². The number of hydrogen-bond acceptors (Lipinski definition) is 4. The molecule has 1 fully saturated rings. The van der Waals surface area contributed by atoms with E-state index in [0.717, 1.165) is 43.3 Å². The predicted molar refractivity (Wildman–Crippen MR) is 128 cm³/mol. The van der Waals surface area contributed by atoms with Gasteiger partial charge in [0, 0.05) is 18.5 Å². The molecule has 2 aromatic carbocycles. The van der Waals surface area contributed by atoms with E-state index >= 15 is 0 Å². The Kier molecular flexibility index (Phi) is 9.49. The van der Waals surface area contributed by atoms with Crippen molar-refractivity contribution < 1.29 is 18.6 Å². The number of ether oxygens (including phenoxy) is 3. The summed E-state index contributed by atoms with van der Waals surface area (Å²) >= 11 is 0. The zero-order chi connectivity index (χ0) is 21.5. The van der Waals surface area contributed by atoms with Crippen LogP contribution in [0.3, 0.4) is 0 Å². The molecule has 2 heterocycles. The molecule has 0 aromatic heterocycles. The second-order valence-electron chi connectivity index (χ2n) is 8.75. The Morgan fingerprint density at radius 3 is 2.59 bits per heavy atom. The van der Waals surface area contributed by atoms with Crippen molar-refractivity contribution in [2.24, 2.45) is 5.92 Å². The second-order valence-corrected chi connectivity index (χ2v) is 8.75. The van der Waals surface area contributed by atoms with Crippen LogP contribution >= 0.6 is 12.4 Å². The molecule has 2 aromatic rings. The third-order valence-electron chi connectivity index (χ3n) is 6.50. The number of halogens is 2. The predicted octanol–water partition coefficient (Wildman–Crippen LogP) is 6.43. The zero-order valence-electron chi connectivity index (χ0n) is 18.9. The molecule has 6 heteroatoms. The Morgan fingerprint density at radius 2 is 1.78 bits per heavy atom. The summed E-state index contributed by atoms with van der Waals surface area (Å²) in [5.74, 6) is 2.87. The van der Waals surface area contributed by atoms with E-state index < -0.39 is 0 Å². The minimum absolute atomic E-state index is 0. The van der Waals surface area contributed by atoms with Crippen LogP contribution in [0.5, 0.6) is 17.2 Å². The zero-order valence-corrected chi connectivity index (χ0v) is 19.7. The first-order valence-corrected chi connectivity index (χ1v) is 11.7. The van der Waals surface area contributed by atoms with Gasteiger partial charge in [0.2, 0.25) is 6.79 Å². The third kappa shape index (κ3) is 6.52. The Bertz CT molecular complexity index is 832. The molecule has 2 atom stereocenters. The number of unbranched alkanes of at least 4 members (excludes halogenated alkanes) is 4. The van der Waals surface area contributed by atoms with Gasteiger partial charge in [-0.2, -0.15) is 0 Å². The third-order valence-corrected chi connectivity index (χ3v) is 6.50. The average molecular weight is 464 g/mol. The van der Waals surface area contributed by atoms with Crippen molar-refractivity contribution in [3.05, 3.63) is 53.8 Å². The van der Waals surface area contributed by atoms with Crippen molar-refractivity contribution >= 4 is 12.4 Å². The molecule has 176 valence electrons. The molecule has 2 aliphatic heterocycles. The monoisotopic (exact) mass is 463 g/mol. The molecule has 0 saturated carbocycles. The van der Waals surface area contributed by atoms with E-state index in [4.69, 9.17) is 14.2 Å². The fourth-order valence-corrected chi connectivity index (χ4v) is 4.74. The Balaban J connectivity index is 0.00000289. The van der Waals surface area contributed by atoms with Crippen LogP contribution in [0.15, 0.2) is 42.5 Å². The van der Waals surface area contributed by atoms with Crippen LogP contribution in [0.2, 0.25) is 0 Å². The normalized spacial score (nSPS) is 20.1. The number of nitrogens with zero attached hydrogens (tertiary/aromatic N) is 1. The lowest BCUT2D eigenvalue weighted by atomic mass is 9.80. The van der Waals surface area contributed by atoms with E-state index in [-0.39, 0.29) is 25.0 Å². The first-order valence-electron chi connectivity index (χ1n) is 11.7. The molecule has 2 aliphatic rings. The van der Waals surface area contributed by atoms with Crippen molar-refractivity contribution in [1.82, 2.24) is 4.90 Å². The van der Waals surface area contributed by atoms with Crippen LogP contribution in [0.25, 0.3) is 0 Å². The lowest BCUT2D eigenvalue weighted by molar-refractivity contribution is 0.109. The van der Waals surface area contributed by atoms with Crippen LogP contribution in [0.4, 0.5) is 4.39 Å². The highest BCUT2D eigenvalue weighted by molar-refractivity contribution is 5.85. The summed E-state index contributed by atoms with van der Waals surface area (Å²) < 4.78 is 30.5. The molecule has 0 radical (unpaired) electrons. The summed E-state index contributed by atoms with van der Waals surface area (Å²) in [6, 6.07) is 12.8. The summed E-state index contributed by atoms with van der Waals surface area (Å²) in [5, 5.41) is 0. The van der Waals surface area contributed by atoms with Crippen LogP contribution in [-0.4, -0.2) is 37.9 Å². The number of piperidine rings is 1. The van der Waals surface area contributed by atoms with Gasteiger partial charge >= 0.3 is 0 Å². The fourth-order valence-electron chi connectivity index (χ4n) is 4.74. The van der Waals surface area contributed by atoms with Gasteiger partial charge in [-0.25, -0.2) is 4.39 Å². The van der Waals surface area contributed by atoms with Gasteiger partial charge in [-0.15, -0.1) is 12.4 Å². The first-order chi connectivity index (χ1) is 15.2. The number of likely N-dealkylation sites (tertiary alicyclic amines) is 1. The number of hydrogen-bond donors (Lipinski definition) is 0. The molecule has 0 N–H and O–H groups in total. The summed E-state index contributed by atoms with van der Waals surface area (Å²) in [4.78, 5) is 2.58. The average Bonchev–Trinajstić information content (AvgIpc) is 3.26. The van der Waals surface area contributed by atoms with E-state index in [1.165, 1.54) is 37.7 Å². The van der Waals surface area contributed by atoms with Crippen molar-refractivity contribution in [3.8, 4) is 17.2 Å². The maximum atomic E-state index is 13.5. The van der Waals surface area contributed by atoms with Gasteiger partial charge in [0.1, 0.15) is 11.6 Å². The van der Waals surface area contributed by atoms with Crippen LogP contribution in [0, 0.1) is 11.7 Å². The van der Waals surface area contributed by atoms with Crippen LogP contribution < -0.4 is 14.2 Å². The number of rotatable bonds is 10. The van der Waals surface area contributed by atoms with Crippen molar-refractivity contribution in [1.29, 1.82) is 0 Å². The maximum Gasteiger partial charge on any atom is 0.231 e. The minimum atomic E-state index is -0.179. The maximum absolute atomic E-state index is 13.5. The van der Waals surface area contributed by atoms with E-state index in [2.05, 4.69) is 11.8 Å². The Labute approximate surface area is 197 Å². The lowest BCUT2D eigenvalue weighted by Crippen LogP contribution is -2.42. The van der Waals surface area contributed by atoms with Crippen molar-refractivity contribution in [2.75, 3.05) is 33.0 Å². The van der Waals surface area contributed by atoms with Gasteiger partial charge in [-0.05, 0) is 61.7 Å². The quantitative estimate of drug-likeness (QED) is 0.380. The molecule has 32 heavy (non-hydrogen) atoms. The molecule has 4 rings (SSSR count). The fraction of sp³-hybridized carbons (Fsp3) is 0.538. The van der Waals surface area contributed by atoms with Gasteiger partial charge < -0.3 is 19.1 Å². The van der Waals surface area contributed by atoms with Crippen molar-refractivity contribution in [2.45, 2.75) is 51.4 Å². The SMILES string of the molecule is CCCCCCCN1CC[C@@H](c2ccc(F)cc2)[C@H](COc2ccc3c(c2)OCO3)C1.Cl. The molecule has 4 nitrogen and oxygen atoms in total. The summed E-state index contributed by atoms with van der Waals surface area (Å²) in [6.07, 6.45) is 7.59. The largest absolute Gasteiger partial charge is 0.493 e. The van der Waals surface area contributed by atoms with Gasteiger partial charge in [-0.1, -0.05) is 44.7 Å². The first kappa shape index (κ1) is 24.7. The topological polar surface area (TPSA) is 30.9 Å². The molecule has 0 spiro atoms. The standard InChI is InChI=1S/C26H34FNO3.ClH/c1-2-3-4-5-6-14-28-15-13-24(20-7-9-22(27)10-8-20)21(17-28)18-29-23-11-12-25-26(16-23)31-19-30-25;/h7-12,16,21,24H,2-6,13-15,17-19H2,1H3;1H/t21-,24-;/m0./s1. The van der Waals surface area contributed by atoms with E-state index in [1.54, 1.807) is 12.1 Å². The molecule has 0 bridgehead atoms. The summed E-state index contributed by atoms with van der Waals surface area (Å²) in [7, 11) is 0. The Hall–Kier alpha value is -1.98. The smallest absolute Gasteiger partial charge is 0.231 e. The molecular weight excluding hydrogens is 429 g/mol. The summed E-state index contributed by atoms with van der Waals surface area (Å²) in [6.45, 7) is 6.41. The summed E-state index contributed by atoms with van der Waals surface area (Å²) in [5.41, 5.74) is 1.21.